The third-order valence-electron chi connectivity index (χ3n) is 3.07. The van der Waals surface area contributed by atoms with Gasteiger partial charge in [0.1, 0.15) is 0 Å². The van der Waals surface area contributed by atoms with Crippen LogP contribution in [0, 0.1) is 0 Å². The van der Waals surface area contributed by atoms with Crippen molar-refractivity contribution in [2.75, 3.05) is 0 Å². The van der Waals surface area contributed by atoms with E-state index >= 15 is 0 Å². The fourth-order valence-corrected chi connectivity index (χ4v) is 1.90. The van der Waals surface area contributed by atoms with E-state index < -0.39 is 17.4 Å². The third kappa shape index (κ3) is 1.76. The van der Waals surface area contributed by atoms with Gasteiger partial charge in [0, 0.05) is 14.1 Å². The van der Waals surface area contributed by atoms with E-state index in [4.69, 9.17) is 0 Å². The molecule has 0 saturated carbocycles. The normalized spacial score (nSPS) is 13.1. The second kappa shape index (κ2) is 4.41. The molecule has 0 unspecified atom stereocenters. The number of aliphatic hydroxyl groups is 1. The number of aromatic nitrogens is 4. The molecule has 2 heterocycles. The molecule has 2 rings (SSSR count). The Balaban J connectivity index is 2.78. The Hall–Kier alpha value is -1.89. The van der Waals surface area contributed by atoms with E-state index in [9.17, 15) is 14.7 Å². The summed E-state index contributed by atoms with van der Waals surface area (Å²) >= 11 is 0. The smallest absolute Gasteiger partial charge is 0.332 e. The van der Waals surface area contributed by atoms with Gasteiger partial charge in [0.05, 0.1) is 19.0 Å². The Morgan fingerprint density at radius 2 is 2.06 bits per heavy atom. The number of imidazole rings is 1. The van der Waals surface area contributed by atoms with Crippen LogP contribution in [0.25, 0.3) is 11.2 Å². The van der Waals surface area contributed by atoms with E-state index in [2.05, 4.69) is 4.98 Å². The van der Waals surface area contributed by atoms with Crippen molar-refractivity contribution in [2.24, 2.45) is 14.1 Å². The maximum absolute atomic E-state index is 12.2. The molecular weight excluding hydrogens is 236 g/mol. The predicted molar refractivity (Wildman–Crippen MR) is 66.5 cm³/mol. The van der Waals surface area contributed by atoms with E-state index in [0.29, 0.717) is 17.6 Å². The number of fused-ring (bicyclic) bond motifs is 1. The highest BCUT2D eigenvalue weighted by Crippen LogP contribution is 2.03. The van der Waals surface area contributed by atoms with Gasteiger partial charge in [-0.05, 0) is 6.42 Å². The third-order valence-corrected chi connectivity index (χ3v) is 3.07. The minimum Gasteiger partial charge on any atom is -0.391 e. The summed E-state index contributed by atoms with van der Waals surface area (Å²) in [5, 5.41) is 9.61. The van der Waals surface area contributed by atoms with Crippen LogP contribution >= 0.6 is 0 Å². The molecule has 98 valence electrons. The van der Waals surface area contributed by atoms with Crippen LogP contribution in [0.5, 0.6) is 0 Å². The first-order chi connectivity index (χ1) is 8.47. The molecule has 2 aromatic rings. The van der Waals surface area contributed by atoms with Crippen LogP contribution in [0.2, 0.25) is 0 Å². The maximum Gasteiger partial charge on any atom is 0.332 e. The van der Waals surface area contributed by atoms with Crippen molar-refractivity contribution in [3.05, 3.63) is 27.2 Å². The predicted octanol–water partition coefficient (Wildman–Crippen LogP) is -0.795. The summed E-state index contributed by atoms with van der Waals surface area (Å²) in [6.45, 7) is 1.80. The molecule has 0 aromatic carbocycles. The second-order valence-corrected chi connectivity index (χ2v) is 4.35. The number of aliphatic hydroxyl groups excluding tert-OH is 1. The van der Waals surface area contributed by atoms with Gasteiger partial charge in [0.15, 0.2) is 11.2 Å². The first kappa shape index (κ1) is 12.6. The fraction of sp³-hybridized carbons (Fsp3) is 0.545. The molecule has 0 saturated heterocycles. The molecule has 0 aliphatic rings. The van der Waals surface area contributed by atoms with Gasteiger partial charge in [-0.1, -0.05) is 6.92 Å². The number of hydrogen-bond acceptors (Lipinski definition) is 4. The summed E-state index contributed by atoms with van der Waals surface area (Å²) in [5.41, 5.74) is -0.158. The van der Waals surface area contributed by atoms with Crippen molar-refractivity contribution in [3.8, 4) is 0 Å². The van der Waals surface area contributed by atoms with Crippen molar-refractivity contribution < 1.29 is 5.11 Å². The molecule has 2 aromatic heterocycles. The lowest BCUT2D eigenvalue weighted by Gasteiger charge is -2.11. The van der Waals surface area contributed by atoms with Crippen molar-refractivity contribution in [3.63, 3.8) is 0 Å². The van der Waals surface area contributed by atoms with Crippen LogP contribution in [-0.4, -0.2) is 29.9 Å². The number of rotatable bonds is 3. The van der Waals surface area contributed by atoms with Gasteiger partial charge in [-0.2, -0.15) is 0 Å². The monoisotopic (exact) mass is 252 g/mol. The minimum atomic E-state index is -0.707. The van der Waals surface area contributed by atoms with Crippen LogP contribution in [0.1, 0.15) is 13.3 Å². The van der Waals surface area contributed by atoms with E-state index in [1.165, 1.54) is 10.9 Å². The SMILES string of the molecule is CC[C@H](O)Cn1c(=O)c2c(ncn2C)n(C)c1=O. The zero-order chi connectivity index (χ0) is 13.4. The molecular formula is C11H16N4O3. The Kier molecular flexibility index (Phi) is 3.08. The van der Waals surface area contributed by atoms with Crippen LogP contribution in [0.15, 0.2) is 15.9 Å². The molecule has 0 aliphatic carbocycles. The molecule has 7 heteroatoms. The summed E-state index contributed by atoms with van der Waals surface area (Å²) in [7, 11) is 3.26. The topological polar surface area (TPSA) is 82.1 Å². The average molecular weight is 252 g/mol. The van der Waals surface area contributed by atoms with Gasteiger partial charge in [-0.15, -0.1) is 0 Å². The highest BCUT2D eigenvalue weighted by atomic mass is 16.3. The maximum atomic E-state index is 12.2. The van der Waals surface area contributed by atoms with Gasteiger partial charge in [-0.25, -0.2) is 9.78 Å². The number of hydrogen-bond donors (Lipinski definition) is 1. The zero-order valence-electron chi connectivity index (χ0n) is 10.6. The fourth-order valence-electron chi connectivity index (χ4n) is 1.90. The standard InChI is InChI=1S/C11H16N4O3/c1-4-7(16)5-15-10(17)8-9(12-6-13(8)2)14(3)11(15)18/h6-7,16H,4-5H2,1-3H3/t7-/m0/s1. The minimum absolute atomic E-state index is 0.00310. The summed E-state index contributed by atoms with van der Waals surface area (Å²) < 4.78 is 3.95. The lowest BCUT2D eigenvalue weighted by Crippen LogP contribution is -2.42. The molecule has 1 N–H and O–H groups in total. The first-order valence-electron chi connectivity index (χ1n) is 5.76. The number of aryl methyl sites for hydroxylation is 2. The molecule has 18 heavy (non-hydrogen) atoms. The van der Waals surface area contributed by atoms with E-state index in [-0.39, 0.29) is 6.54 Å². The molecule has 0 amide bonds. The summed E-state index contributed by atoms with van der Waals surface area (Å²) in [4.78, 5) is 28.3. The summed E-state index contributed by atoms with van der Waals surface area (Å²) in [6, 6.07) is 0. The first-order valence-corrected chi connectivity index (χ1v) is 5.76. The van der Waals surface area contributed by atoms with Gasteiger partial charge in [0.25, 0.3) is 5.56 Å². The van der Waals surface area contributed by atoms with Crippen LogP contribution < -0.4 is 11.2 Å². The van der Waals surface area contributed by atoms with Crippen LogP contribution in [0.3, 0.4) is 0 Å². The van der Waals surface area contributed by atoms with Crippen LogP contribution in [0.4, 0.5) is 0 Å². The molecule has 0 aliphatic heterocycles. The highest BCUT2D eigenvalue weighted by molar-refractivity contribution is 5.69. The second-order valence-electron chi connectivity index (χ2n) is 4.35. The van der Waals surface area contributed by atoms with Crippen molar-refractivity contribution >= 4 is 11.2 Å². The van der Waals surface area contributed by atoms with Gasteiger partial charge < -0.3 is 9.67 Å². The molecule has 0 radical (unpaired) electrons. The van der Waals surface area contributed by atoms with Crippen LogP contribution in [-0.2, 0) is 20.6 Å². The zero-order valence-corrected chi connectivity index (χ0v) is 10.6. The quantitative estimate of drug-likeness (QED) is 0.775. The Labute approximate surface area is 103 Å². The molecule has 0 fully saturated rings. The highest BCUT2D eigenvalue weighted by Gasteiger charge is 2.16. The van der Waals surface area contributed by atoms with E-state index in [0.717, 1.165) is 4.57 Å². The van der Waals surface area contributed by atoms with Crippen molar-refractivity contribution in [1.29, 1.82) is 0 Å². The molecule has 1 atom stereocenters. The molecule has 7 nitrogen and oxygen atoms in total. The molecule has 0 bridgehead atoms. The van der Waals surface area contributed by atoms with Gasteiger partial charge >= 0.3 is 5.69 Å². The van der Waals surface area contributed by atoms with Crippen molar-refractivity contribution in [1.82, 2.24) is 18.7 Å². The Morgan fingerprint density at radius 3 is 2.67 bits per heavy atom. The van der Waals surface area contributed by atoms with Crippen molar-refractivity contribution in [2.45, 2.75) is 26.0 Å². The average Bonchev–Trinajstić information content (AvgIpc) is 2.74. The Bertz CT molecular complexity index is 695. The lowest BCUT2D eigenvalue weighted by molar-refractivity contribution is 0.146. The molecule has 0 spiro atoms. The Morgan fingerprint density at radius 1 is 1.39 bits per heavy atom. The van der Waals surface area contributed by atoms with Gasteiger partial charge in [-0.3, -0.25) is 13.9 Å². The number of nitrogens with zero attached hydrogens (tertiary/aromatic N) is 4. The van der Waals surface area contributed by atoms with E-state index in [1.807, 2.05) is 0 Å². The van der Waals surface area contributed by atoms with Gasteiger partial charge in [0.2, 0.25) is 0 Å². The largest absolute Gasteiger partial charge is 0.391 e. The summed E-state index contributed by atoms with van der Waals surface area (Å²) in [5.74, 6) is 0. The summed E-state index contributed by atoms with van der Waals surface area (Å²) in [6.07, 6.45) is 1.27. The van der Waals surface area contributed by atoms with E-state index in [1.54, 1.807) is 25.6 Å². The lowest BCUT2D eigenvalue weighted by atomic mass is 10.3.